The van der Waals surface area contributed by atoms with Crippen LogP contribution < -0.4 is 9.64 Å². The molecule has 3 aromatic rings. The van der Waals surface area contributed by atoms with Crippen molar-refractivity contribution in [3.8, 4) is 5.75 Å². The summed E-state index contributed by atoms with van der Waals surface area (Å²) in [5.74, 6) is -0.126. The van der Waals surface area contributed by atoms with Crippen LogP contribution >= 0.6 is 23.2 Å². The molecule has 2 fully saturated rings. The van der Waals surface area contributed by atoms with Gasteiger partial charge < -0.3 is 19.1 Å². The van der Waals surface area contributed by atoms with Gasteiger partial charge in [-0.15, -0.1) is 0 Å². The minimum absolute atomic E-state index is 0.179. The van der Waals surface area contributed by atoms with E-state index >= 15 is 0 Å². The number of ether oxygens (including phenoxy) is 3. The van der Waals surface area contributed by atoms with Gasteiger partial charge in [-0.25, -0.2) is 18.1 Å². The molecule has 0 amide bonds. The molecule has 2 atom stereocenters. The van der Waals surface area contributed by atoms with Crippen LogP contribution in [0.25, 0.3) is 0 Å². The first-order valence-electron chi connectivity index (χ1n) is 11.1. The lowest BCUT2D eigenvalue weighted by Crippen LogP contribution is -2.40. The van der Waals surface area contributed by atoms with Crippen molar-refractivity contribution in [2.24, 2.45) is 0 Å². The quantitative estimate of drug-likeness (QED) is 0.452. The molecule has 0 unspecified atom stereocenters. The molecule has 0 saturated carbocycles. The van der Waals surface area contributed by atoms with Crippen molar-refractivity contribution in [2.75, 3.05) is 42.7 Å². The lowest BCUT2D eigenvalue weighted by Gasteiger charge is -2.29. The van der Waals surface area contributed by atoms with Crippen molar-refractivity contribution in [2.45, 2.75) is 18.4 Å². The van der Waals surface area contributed by atoms with E-state index in [1.807, 2.05) is 24.3 Å². The maximum atomic E-state index is 11.7. The van der Waals surface area contributed by atoms with Gasteiger partial charge in [0.2, 0.25) is 5.79 Å². The minimum Gasteiger partial charge on any atom is -0.491 e. The van der Waals surface area contributed by atoms with E-state index in [4.69, 9.17) is 37.4 Å². The topological polar surface area (TPSA) is 95.8 Å². The fourth-order valence-corrected chi connectivity index (χ4v) is 5.95. The molecule has 9 nitrogen and oxygen atoms in total. The molecule has 35 heavy (non-hydrogen) atoms. The summed E-state index contributed by atoms with van der Waals surface area (Å²) in [4.78, 5) is 6.06. The van der Waals surface area contributed by atoms with Gasteiger partial charge >= 0.3 is 0 Å². The predicted molar refractivity (Wildman–Crippen MR) is 132 cm³/mol. The highest BCUT2D eigenvalue weighted by Gasteiger charge is 2.45. The SMILES string of the molecule is O=S1(=O)CCN(c2ccc(OC[C@H]3CO[C@](Cn4cncn4)(c4ccc(Cl)cc4Cl)O3)cc2)CC1. The molecule has 0 radical (unpaired) electrons. The number of hydrogen-bond donors (Lipinski definition) is 0. The highest BCUT2D eigenvalue weighted by Crippen LogP contribution is 2.40. The molecule has 2 saturated heterocycles. The zero-order valence-electron chi connectivity index (χ0n) is 18.7. The molecule has 12 heteroatoms. The average Bonchev–Trinajstić information content (AvgIpc) is 3.49. The summed E-state index contributed by atoms with van der Waals surface area (Å²) in [6.07, 6.45) is 2.68. The van der Waals surface area contributed by atoms with E-state index in [0.29, 0.717) is 41.1 Å². The standard InChI is InChI=1S/C23H24Cl2N4O5S/c24-17-1-6-21(22(25)11-17)23(14-29-16-26-15-27-29)33-13-20(34-23)12-32-19-4-2-18(3-5-19)28-7-9-35(30,31)10-8-28/h1-6,11,15-16,20H,7-10,12-14H2/t20-,23-/m0/s1. The van der Waals surface area contributed by atoms with E-state index in [1.165, 1.54) is 6.33 Å². The Bertz CT molecular complexity index is 1260. The molecular weight excluding hydrogens is 515 g/mol. The Morgan fingerprint density at radius 1 is 1.11 bits per heavy atom. The van der Waals surface area contributed by atoms with Crippen molar-refractivity contribution < 1.29 is 22.6 Å². The Hall–Kier alpha value is -2.37. The third-order valence-electron chi connectivity index (χ3n) is 6.02. The Labute approximate surface area is 213 Å². The minimum atomic E-state index is -2.92. The summed E-state index contributed by atoms with van der Waals surface area (Å²) >= 11 is 12.6. The van der Waals surface area contributed by atoms with Crippen molar-refractivity contribution in [1.29, 1.82) is 0 Å². The van der Waals surface area contributed by atoms with Crippen molar-refractivity contribution in [1.82, 2.24) is 14.8 Å². The number of aromatic nitrogens is 3. The van der Waals surface area contributed by atoms with Gasteiger partial charge in [0.15, 0.2) is 9.84 Å². The van der Waals surface area contributed by atoms with Crippen LogP contribution in [0.1, 0.15) is 5.56 Å². The van der Waals surface area contributed by atoms with Crippen LogP contribution in [0.2, 0.25) is 10.0 Å². The number of benzene rings is 2. The first kappa shape index (κ1) is 24.3. The number of nitrogens with zero attached hydrogens (tertiary/aromatic N) is 4. The van der Waals surface area contributed by atoms with Gasteiger partial charge in [-0.3, -0.25) is 0 Å². The second-order valence-corrected chi connectivity index (χ2v) is 11.6. The Kier molecular flexibility index (Phi) is 6.91. The molecule has 186 valence electrons. The Morgan fingerprint density at radius 2 is 1.89 bits per heavy atom. The van der Waals surface area contributed by atoms with Crippen LogP contribution in [0.3, 0.4) is 0 Å². The third kappa shape index (κ3) is 5.57. The van der Waals surface area contributed by atoms with Gasteiger partial charge in [0, 0.05) is 29.4 Å². The largest absolute Gasteiger partial charge is 0.491 e. The smallest absolute Gasteiger partial charge is 0.217 e. The van der Waals surface area contributed by atoms with E-state index < -0.39 is 15.6 Å². The number of sulfone groups is 1. The maximum Gasteiger partial charge on any atom is 0.217 e. The molecule has 2 aliphatic rings. The van der Waals surface area contributed by atoms with E-state index in [2.05, 4.69) is 15.0 Å². The van der Waals surface area contributed by atoms with E-state index in [0.717, 1.165) is 5.69 Å². The lowest BCUT2D eigenvalue weighted by atomic mass is 10.1. The van der Waals surface area contributed by atoms with Crippen LogP contribution in [-0.2, 0) is 31.6 Å². The van der Waals surface area contributed by atoms with Crippen LogP contribution in [0, 0.1) is 0 Å². The molecule has 0 N–H and O–H groups in total. The summed E-state index contributed by atoms with van der Waals surface area (Å²) < 4.78 is 43.4. The Morgan fingerprint density at radius 3 is 2.57 bits per heavy atom. The Balaban J connectivity index is 1.24. The molecule has 2 aromatic carbocycles. The van der Waals surface area contributed by atoms with Crippen LogP contribution in [0.4, 0.5) is 5.69 Å². The fourth-order valence-electron chi connectivity index (χ4n) is 4.20. The zero-order valence-corrected chi connectivity index (χ0v) is 21.0. The third-order valence-corrected chi connectivity index (χ3v) is 8.18. The highest BCUT2D eigenvalue weighted by atomic mass is 35.5. The monoisotopic (exact) mass is 538 g/mol. The number of rotatable bonds is 7. The molecule has 3 heterocycles. The average molecular weight is 539 g/mol. The zero-order chi connectivity index (χ0) is 24.5. The number of anilines is 1. The summed E-state index contributed by atoms with van der Waals surface area (Å²) in [7, 11) is -2.92. The summed E-state index contributed by atoms with van der Waals surface area (Å²) in [5, 5.41) is 5.13. The molecule has 0 spiro atoms. The maximum absolute atomic E-state index is 11.7. The molecule has 5 rings (SSSR count). The summed E-state index contributed by atoms with van der Waals surface area (Å²) in [6, 6.07) is 12.8. The molecule has 2 aliphatic heterocycles. The molecular formula is C23H24Cl2N4O5S. The van der Waals surface area contributed by atoms with Gasteiger partial charge in [0.25, 0.3) is 0 Å². The van der Waals surface area contributed by atoms with Crippen LogP contribution in [0.5, 0.6) is 5.75 Å². The second kappa shape index (κ2) is 9.94. The summed E-state index contributed by atoms with van der Waals surface area (Å²) in [5.41, 5.74) is 1.62. The number of halogens is 2. The van der Waals surface area contributed by atoms with Crippen molar-refractivity contribution >= 4 is 38.7 Å². The van der Waals surface area contributed by atoms with Crippen molar-refractivity contribution in [3.63, 3.8) is 0 Å². The lowest BCUT2D eigenvalue weighted by molar-refractivity contribution is -0.190. The highest BCUT2D eigenvalue weighted by molar-refractivity contribution is 7.91. The van der Waals surface area contributed by atoms with Gasteiger partial charge in [-0.2, -0.15) is 5.10 Å². The fraction of sp³-hybridized carbons (Fsp3) is 0.391. The van der Waals surface area contributed by atoms with Gasteiger partial charge in [0.05, 0.1) is 23.1 Å². The van der Waals surface area contributed by atoms with Gasteiger partial charge in [-0.1, -0.05) is 29.3 Å². The van der Waals surface area contributed by atoms with E-state index in [-0.39, 0.29) is 30.8 Å². The first-order valence-corrected chi connectivity index (χ1v) is 13.7. The van der Waals surface area contributed by atoms with Crippen LogP contribution in [-0.4, -0.2) is 67.1 Å². The van der Waals surface area contributed by atoms with Gasteiger partial charge in [0.1, 0.15) is 37.7 Å². The second-order valence-electron chi connectivity index (χ2n) is 8.46. The molecule has 0 bridgehead atoms. The summed E-state index contributed by atoms with van der Waals surface area (Å²) in [6.45, 7) is 1.82. The van der Waals surface area contributed by atoms with E-state index in [9.17, 15) is 8.42 Å². The molecule has 0 aliphatic carbocycles. The van der Waals surface area contributed by atoms with Gasteiger partial charge in [-0.05, 0) is 36.4 Å². The van der Waals surface area contributed by atoms with E-state index in [1.54, 1.807) is 29.2 Å². The first-order chi connectivity index (χ1) is 16.8. The number of hydrogen-bond acceptors (Lipinski definition) is 8. The molecule has 1 aromatic heterocycles. The predicted octanol–water partition coefficient (Wildman–Crippen LogP) is 3.17. The van der Waals surface area contributed by atoms with Crippen LogP contribution in [0.15, 0.2) is 55.1 Å². The normalized spacial score (nSPS) is 23.9. The van der Waals surface area contributed by atoms with Crippen molar-refractivity contribution in [3.05, 3.63) is 70.7 Å².